The molecule has 0 aliphatic rings. The fourth-order valence-corrected chi connectivity index (χ4v) is 3.07. The Bertz CT molecular complexity index is 867. The number of hydrogen-bond acceptors (Lipinski definition) is 3. The Morgan fingerprint density at radius 3 is 2.83 bits per heavy atom. The minimum atomic E-state index is -0.373. The van der Waals surface area contributed by atoms with Gasteiger partial charge in [0, 0.05) is 11.1 Å². The number of carbonyl (C=O) groups excluding carboxylic acids is 1. The van der Waals surface area contributed by atoms with Gasteiger partial charge in [0.05, 0.1) is 16.3 Å². The largest absolute Gasteiger partial charge is 0.325 e. The number of nitrogens with one attached hydrogen (secondary N) is 1. The van der Waals surface area contributed by atoms with Gasteiger partial charge in [-0.25, -0.2) is 9.37 Å². The molecule has 1 heterocycles. The lowest BCUT2D eigenvalue weighted by atomic mass is 10.1. The van der Waals surface area contributed by atoms with Crippen molar-refractivity contribution in [3.8, 4) is 0 Å². The molecule has 1 N–H and O–H groups in total. The van der Waals surface area contributed by atoms with Crippen molar-refractivity contribution in [3.63, 3.8) is 0 Å². The average molecular weight is 326 g/mol. The van der Waals surface area contributed by atoms with Gasteiger partial charge in [0.2, 0.25) is 5.91 Å². The van der Waals surface area contributed by atoms with Gasteiger partial charge in [-0.1, -0.05) is 36.0 Å². The standard InChI is InChI=1S/C18H15FN2OS/c1-12-9-18(21-16-8-3-2-7-15(12)16)23-11-17(22)20-14-6-4-5-13(19)10-14/h2-10H,11H2,1H3,(H,20,22). The highest BCUT2D eigenvalue weighted by Crippen LogP contribution is 2.23. The number of amides is 1. The number of pyridine rings is 1. The molecule has 0 saturated heterocycles. The second-order valence-corrected chi connectivity index (χ2v) is 6.14. The van der Waals surface area contributed by atoms with Crippen LogP contribution >= 0.6 is 11.8 Å². The van der Waals surface area contributed by atoms with E-state index in [9.17, 15) is 9.18 Å². The van der Waals surface area contributed by atoms with Gasteiger partial charge in [-0.3, -0.25) is 4.79 Å². The fourth-order valence-electron chi connectivity index (χ4n) is 2.30. The lowest BCUT2D eigenvalue weighted by Crippen LogP contribution is -2.14. The lowest BCUT2D eigenvalue weighted by Gasteiger charge is -2.07. The van der Waals surface area contributed by atoms with E-state index in [1.54, 1.807) is 12.1 Å². The van der Waals surface area contributed by atoms with Crippen LogP contribution in [0.3, 0.4) is 0 Å². The van der Waals surface area contributed by atoms with Crippen LogP contribution in [0, 0.1) is 12.7 Å². The summed E-state index contributed by atoms with van der Waals surface area (Å²) in [4.78, 5) is 16.5. The average Bonchev–Trinajstić information content (AvgIpc) is 2.53. The minimum Gasteiger partial charge on any atom is -0.325 e. The van der Waals surface area contributed by atoms with E-state index < -0.39 is 0 Å². The second-order valence-electron chi connectivity index (χ2n) is 5.14. The van der Waals surface area contributed by atoms with Crippen molar-refractivity contribution < 1.29 is 9.18 Å². The van der Waals surface area contributed by atoms with E-state index in [1.807, 2.05) is 37.3 Å². The Morgan fingerprint density at radius 2 is 2.00 bits per heavy atom. The molecule has 3 rings (SSSR count). The van der Waals surface area contributed by atoms with Crippen LogP contribution in [0.5, 0.6) is 0 Å². The molecule has 1 aromatic heterocycles. The highest BCUT2D eigenvalue weighted by atomic mass is 32.2. The van der Waals surface area contributed by atoms with Crippen molar-refractivity contribution in [2.24, 2.45) is 0 Å². The number of nitrogens with zero attached hydrogens (tertiary/aromatic N) is 1. The quantitative estimate of drug-likeness (QED) is 0.722. The minimum absolute atomic E-state index is 0.187. The highest BCUT2D eigenvalue weighted by Gasteiger charge is 2.07. The van der Waals surface area contributed by atoms with Gasteiger partial charge in [-0.05, 0) is 42.8 Å². The van der Waals surface area contributed by atoms with Crippen LogP contribution in [-0.2, 0) is 4.79 Å². The van der Waals surface area contributed by atoms with Gasteiger partial charge < -0.3 is 5.32 Å². The zero-order valence-electron chi connectivity index (χ0n) is 12.5. The normalized spacial score (nSPS) is 10.7. The summed E-state index contributed by atoms with van der Waals surface area (Å²) in [5.74, 6) is -0.336. The predicted molar refractivity (Wildman–Crippen MR) is 92.2 cm³/mol. The maximum Gasteiger partial charge on any atom is 0.234 e. The molecular weight excluding hydrogens is 311 g/mol. The van der Waals surface area contributed by atoms with Crippen LogP contribution < -0.4 is 5.32 Å². The number of benzene rings is 2. The molecule has 1 amide bonds. The number of aryl methyl sites for hydroxylation is 1. The van der Waals surface area contributed by atoms with Crippen molar-refractivity contribution in [2.45, 2.75) is 11.9 Å². The monoisotopic (exact) mass is 326 g/mol. The molecular formula is C18H15FN2OS. The third-order valence-corrected chi connectivity index (χ3v) is 4.27. The number of thioether (sulfide) groups is 1. The van der Waals surface area contributed by atoms with Gasteiger partial charge in [-0.15, -0.1) is 0 Å². The molecule has 3 aromatic rings. The van der Waals surface area contributed by atoms with Gasteiger partial charge in [0.1, 0.15) is 5.82 Å². The molecule has 23 heavy (non-hydrogen) atoms. The van der Waals surface area contributed by atoms with Crippen LogP contribution in [-0.4, -0.2) is 16.6 Å². The number of hydrogen-bond donors (Lipinski definition) is 1. The summed E-state index contributed by atoms with van der Waals surface area (Å²) in [6.07, 6.45) is 0. The van der Waals surface area contributed by atoms with Crippen molar-refractivity contribution in [3.05, 3.63) is 66.0 Å². The number of carbonyl (C=O) groups is 1. The Balaban J connectivity index is 1.67. The highest BCUT2D eigenvalue weighted by molar-refractivity contribution is 7.99. The van der Waals surface area contributed by atoms with Crippen LogP contribution in [0.4, 0.5) is 10.1 Å². The molecule has 5 heteroatoms. The molecule has 0 saturated carbocycles. The fraction of sp³-hybridized carbons (Fsp3) is 0.111. The molecule has 0 aliphatic heterocycles. The molecule has 3 nitrogen and oxygen atoms in total. The third kappa shape index (κ3) is 3.87. The molecule has 116 valence electrons. The van der Waals surface area contributed by atoms with E-state index in [4.69, 9.17) is 0 Å². The SMILES string of the molecule is Cc1cc(SCC(=O)Nc2cccc(F)c2)nc2ccccc12. The summed E-state index contributed by atoms with van der Waals surface area (Å²) in [6, 6.07) is 15.7. The van der Waals surface area contributed by atoms with E-state index in [-0.39, 0.29) is 17.5 Å². The van der Waals surface area contributed by atoms with E-state index in [0.29, 0.717) is 5.69 Å². The van der Waals surface area contributed by atoms with Gasteiger partial charge in [0.15, 0.2) is 0 Å². The van der Waals surface area contributed by atoms with Crippen LogP contribution in [0.15, 0.2) is 59.6 Å². The summed E-state index contributed by atoms with van der Waals surface area (Å²) in [5.41, 5.74) is 2.50. The second kappa shape index (κ2) is 6.79. The Kier molecular flexibility index (Phi) is 4.57. The predicted octanol–water partition coefficient (Wildman–Crippen LogP) is 4.41. The van der Waals surface area contributed by atoms with E-state index in [2.05, 4.69) is 10.3 Å². The number of anilines is 1. The van der Waals surface area contributed by atoms with Crippen LogP contribution in [0.1, 0.15) is 5.56 Å². The van der Waals surface area contributed by atoms with Crippen LogP contribution in [0.2, 0.25) is 0 Å². The molecule has 0 bridgehead atoms. The molecule has 0 spiro atoms. The summed E-state index contributed by atoms with van der Waals surface area (Å²) < 4.78 is 13.1. The lowest BCUT2D eigenvalue weighted by molar-refractivity contribution is -0.113. The van der Waals surface area contributed by atoms with E-state index in [0.717, 1.165) is 21.5 Å². The number of aromatic nitrogens is 1. The zero-order chi connectivity index (χ0) is 16.2. The van der Waals surface area contributed by atoms with Gasteiger partial charge in [0.25, 0.3) is 0 Å². The Morgan fingerprint density at radius 1 is 1.17 bits per heavy atom. The van der Waals surface area contributed by atoms with E-state index >= 15 is 0 Å². The zero-order valence-corrected chi connectivity index (χ0v) is 13.4. The maximum absolute atomic E-state index is 13.1. The molecule has 0 radical (unpaired) electrons. The smallest absolute Gasteiger partial charge is 0.234 e. The first kappa shape index (κ1) is 15.5. The summed E-state index contributed by atoms with van der Waals surface area (Å²) in [7, 11) is 0. The number of fused-ring (bicyclic) bond motifs is 1. The first-order valence-electron chi connectivity index (χ1n) is 7.16. The number of rotatable bonds is 4. The molecule has 0 fully saturated rings. The van der Waals surface area contributed by atoms with Crippen molar-refractivity contribution >= 4 is 34.3 Å². The maximum atomic E-state index is 13.1. The van der Waals surface area contributed by atoms with Crippen molar-refractivity contribution in [2.75, 3.05) is 11.1 Å². The Hall–Kier alpha value is -2.40. The number of para-hydroxylation sites is 1. The van der Waals surface area contributed by atoms with Crippen molar-refractivity contribution in [1.29, 1.82) is 0 Å². The van der Waals surface area contributed by atoms with Crippen LogP contribution in [0.25, 0.3) is 10.9 Å². The number of halogens is 1. The van der Waals surface area contributed by atoms with Gasteiger partial charge >= 0.3 is 0 Å². The first-order valence-corrected chi connectivity index (χ1v) is 8.15. The Labute approximate surface area is 137 Å². The topological polar surface area (TPSA) is 42.0 Å². The van der Waals surface area contributed by atoms with Crippen molar-refractivity contribution in [1.82, 2.24) is 4.98 Å². The third-order valence-electron chi connectivity index (χ3n) is 3.36. The first-order chi connectivity index (χ1) is 11.1. The molecule has 0 atom stereocenters. The molecule has 2 aromatic carbocycles. The molecule has 0 aliphatic carbocycles. The van der Waals surface area contributed by atoms with E-state index in [1.165, 1.54) is 23.9 Å². The summed E-state index contributed by atoms with van der Waals surface area (Å²) in [6.45, 7) is 2.03. The molecule has 0 unspecified atom stereocenters. The summed E-state index contributed by atoms with van der Waals surface area (Å²) in [5, 5.41) is 4.59. The summed E-state index contributed by atoms with van der Waals surface area (Å²) >= 11 is 1.36. The van der Waals surface area contributed by atoms with Gasteiger partial charge in [-0.2, -0.15) is 0 Å².